The molecule has 0 fully saturated rings. The van der Waals surface area contributed by atoms with E-state index in [1.54, 1.807) is 0 Å². The summed E-state index contributed by atoms with van der Waals surface area (Å²) in [4.78, 5) is 28.9. The number of aliphatic carboxylic acids is 3. The van der Waals surface area contributed by atoms with Crippen molar-refractivity contribution in [2.24, 2.45) is 5.73 Å². The fourth-order valence-corrected chi connectivity index (χ4v) is 0.402. The van der Waals surface area contributed by atoms with Crippen LogP contribution >= 0.6 is 0 Å². The minimum absolute atomic E-state index is 0.0231. The Kier molecular flexibility index (Phi) is 8.49. The molecule has 0 aromatic heterocycles. The molecule has 0 aliphatic heterocycles. The third kappa shape index (κ3) is 16.8. The standard InChI is InChI=1S/C5H9NO4.C2H4O2/c6-3(5(9)10)1-2-4(7)8;1-2(3)4/h3H,1-2,6H2,(H,7,8)(H,9,10);1H3,(H,3,4)/t3-;/m0./s1. The monoisotopic (exact) mass is 207 g/mol. The Hall–Kier alpha value is -1.63. The molecule has 0 bridgehead atoms. The van der Waals surface area contributed by atoms with Gasteiger partial charge in [-0.1, -0.05) is 0 Å². The Balaban J connectivity index is 0. The Morgan fingerprint density at radius 2 is 1.57 bits per heavy atom. The lowest BCUT2D eigenvalue weighted by Gasteiger charge is -2.01. The van der Waals surface area contributed by atoms with Crippen molar-refractivity contribution in [3.63, 3.8) is 0 Å². The average Bonchev–Trinajstić information content (AvgIpc) is 1.98. The topological polar surface area (TPSA) is 138 Å². The van der Waals surface area contributed by atoms with Gasteiger partial charge in [0.1, 0.15) is 6.04 Å². The van der Waals surface area contributed by atoms with E-state index in [1.807, 2.05) is 0 Å². The van der Waals surface area contributed by atoms with Crippen molar-refractivity contribution in [2.75, 3.05) is 0 Å². The zero-order valence-corrected chi connectivity index (χ0v) is 7.64. The van der Waals surface area contributed by atoms with Gasteiger partial charge in [-0.15, -0.1) is 0 Å². The second-order valence-electron chi connectivity index (χ2n) is 2.40. The van der Waals surface area contributed by atoms with Gasteiger partial charge < -0.3 is 21.1 Å². The van der Waals surface area contributed by atoms with Gasteiger partial charge in [-0.25, -0.2) is 0 Å². The third-order valence-corrected chi connectivity index (χ3v) is 0.986. The quantitative estimate of drug-likeness (QED) is 0.480. The predicted octanol–water partition coefficient (Wildman–Crippen LogP) is -0.646. The van der Waals surface area contributed by atoms with Gasteiger partial charge in [0.2, 0.25) is 0 Å². The summed E-state index contributed by atoms with van der Waals surface area (Å²) in [5.74, 6) is -3.03. The predicted molar refractivity (Wildman–Crippen MR) is 45.8 cm³/mol. The SMILES string of the molecule is CC(=O)O.N[C@@H](CCC(=O)O)C(=O)O. The maximum atomic E-state index is 9.99. The van der Waals surface area contributed by atoms with Crippen LogP contribution in [-0.4, -0.2) is 39.3 Å². The number of carboxylic acid groups (broad SMARTS) is 3. The summed E-state index contributed by atoms with van der Waals surface area (Å²) < 4.78 is 0. The minimum atomic E-state index is -1.17. The lowest BCUT2D eigenvalue weighted by Crippen LogP contribution is -2.30. The molecule has 1 atom stereocenters. The molecular weight excluding hydrogens is 194 g/mol. The van der Waals surface area contributed by atoms with Gasteiger partial charge in [-0.3, -0.25) is 14.4 Å². The summed E-state index contributed by atoms with van der Waals surface area (Å²) >= 11 is 0. The number of hydrogen-bond acceptors (Lipinski definition) is 4. The number of hydrogen-bond donors (Lipinski definition) is 4. The van der Waals surface area contributed by atoms with Gasteiger partial charge in [-0.05, 0) is 6.42 Å². The Morgan fingerprint density at radius 1 is 1.21 bits per heavy atom. The molecule has 0 aliphatic carbocycles. The molecule has 0 spiro atoms. The lowest BCUT2D eigenvalue weighted by atomic mass is 10.2. The Morgan fingerprint density at radius 3 is 1.79 bits per heavy atom. The van der Waals surface area contributed by atoms with Crippen LogP contribution in [0.5, 0.6) is 0 Å². The van der Waals surface area contributed by atoms with Crippen molar-refractivity contribution >= 4 is 17.9 Å². The summed E-state index contributed by atoms with van der Waals surface area (Å²) in [6.07, 6.45) is -0.224. The molecule has 0 amide bonds. The largest absolute Gasteiger partial charge is 0.481 e. The summed E-state index contributed by atoms with van der Waals surface area (Å²) in [6, 6.07) is -1.06. The summed E-state index contributed by atoms with van der Waals surface area (Å²) in [5, 5.41) is 23.7. The molecule has 0 saturated heterocycles. The highest BCUT2D eigenvalue weighted by Gasteiger charge is 2.12. The van der Waals surface area contributed by atoms with Crippen molar-refractivity contribution in [1.29, 1.82) is 0 Å². The van der Waals surface area contributed by atoms with Gasteiger partial charge in [0.25, 0.3) is 5.97 Å². The van der Waals surface area contributed by atoms with E-state index in [4.69, 9.17) is 25.8 Å². The second-order valence-corrected chi connectivity index (χ2v) is 2.40. The van der Waals surface area contributed by atoms with Crippen molar-refractivity contribution in [3.05, 3.63) is 0 Å². The first kappa shape index (κ1) is 14.9. The van der Waals surface area contributed by atoms with Crippen molar-refractivity contribution < 1.29 is 29.7 Å². The molecular formula is C7H13NO6. The van der Waals surface area contributed by atoms with E-state index in [0.29, 0.717) is 0 Å². The van der Waals surface area contributed by atoms with Crippen LogP contribution in [0.25, 0.3) is 0 Å². The van der Waals surface area contributed by atoms with Crippen molar-refractivity contribution in [1.82, 2.24) is 0 Å². The van der Waals surface area contributed by atoms with Crippen molar-refractivity contribution in [3.8, 4) is 0 Å². The van der Waals surface area contributed by atoms with E-state index in [9.17, 15) is 9.59 Å². The molecule has 7 heteroatoms. The van der Waals surface area contributed by atoms with Crippen LogP contribution in [0.3, 0.4) is 0 Å². The smallest absolute Gasteiger partial charge is 0.320 e. The van der Waals surface area contributed by atoms with Gasteiger partial charge >= 0.3 is 11.9 Å². The van der Waals surface area contributed by atoms with E-state index < -0.39 is 23.9 Å². The van der Waals surface area contributed by atoms with Crippen LogP contribution in [-0.2, 0) is 14.4 Å². The first-order valence-corrected chi connectivity index (χ1v) is 3.67. The third-order valence-electron chi connectivity index (χ3n) is 0.986. The zero-order valence-electron chi connectivity index (χ0n) is 7.64. The van der Waals surface area contributed by atoms with Crippen molar-refractivity contribution in [2.45, 2.75) is 25.8 Å². The molecule has 0 aromatic carbocycles. The van der Waals surface area contributed by atoms with E-state index in [1.165, 1.54) is 0 Å². The van der Waals surface area contributed by atoms with Gasteiger partial charge in [0, 0.05) is 13.3 Å². The molecule has 5 N–H and O–H groups in total. The number of nitrogens with two attached hydrogens (primary N) is 1. The molecule has 0 unspecified atom stereocenters. The van der Waals surface area contributed by atoms with E-state index in [-0.39, 0.29) is 12.8 Å². The van der Waals surface area contributed by atoms with Gasteiger partial charge in [0.05, 0.1) is 0 Å². The molecule has 0 rings (SSSR count). The van der Waals surface area contributed by atoms with E-state index >= 15 is 0 Å². The number of rotatable bonds is 4. The highest BCUT2D eigenvalue weighted by Crippen LogP contribution is 1.93. The van der Waals surface area contributed by atoms with Crippen LogP contribution < -0.4 is 5.73 Å². The minimum Gasteiger partial charge on any atom is -0.481 e. The fraction of sp³-hybridized carbons (Fsp3) is 0.571. The van der Waals surface area contributed by atoms with Crippen LogP contribution in [0.4, 0.5) is 0 Å². The maximum absolute atomic E-state index is 9.99. The van der Waals surface area contributed by atoms with Crippen LogP contribution in [0, 0.1) is 0 Å². The Labute approximate surface area is 80.1 Å². The molecule has 0 heterocycles. The fourth-order valence-electron chi connectivity index (χ4n) is 0.402. The first-order valence-electron chi connectivity index (χ1n) is 3.67. The summed E-state index contributed by atoms with van der Waals surface area (Å²) in [7, 11) is 0. The molecule has 82 valence electrons. The van der Waals surface area contributed by atoms with Crippen LogP contribution in [0.1, 0.15) is 19.8 Å². The van der Waals surface area contributed by atoms with Crippen LogP contribution in [0.2, 0.25) is 0 Å². The maximum Gasteiger partial charge on any atom is 0.320 e. The van der Waals surface area contributed by atoms with Crippen LogP contribution in [0.15, 0.2) is 0 Å². The molecule has 0 aromatic rings. The molecule has 0 saturated carbocycles. The van der Waals surface area contributed by atoms with E-state index in [2.05, 4.69) is 0 Å². The summed E-state index contributed by atoms with van der Waals surface area (Å²) in [6.45, 7) is 1.08. The molecule has 0 radical (unpaired) electrons. The molecule has 0 aliphatic rings. The number of carbonyl (C=O) groups is 3. The highest BCUT2D eigenvalue weighted by atomic mass is 16.4. The molecule has 14 heavy (non-hydrogen) atoms. The van der Waals surface area contributed by atoms with Gasteiger partial charge in [-0.2, -0.15) is 0 Å². The highest BCUT2D eigenvalue weighted by molar-refractivity contribution is 5.74. The summed E-state index contributed by atoms with van der Waals surface area (Å²) in [5.41, 5.74) is 5.00. The van der Waals surface area contributed by atoms with Gasteiger partial charge in [0.15, 0.2) is 0 Å². The lowest BCUT2D eigenvalue weighted by molar-refractivity contribution is -0.140. The number of carboxylic acids is 3. The average molecular weight is 207 g/mol. The second kappa shape index (κ2) is 7.99. The Bertz CT molecular complexity index is 210. The first-order chi connectivity index (χ1) is 6.27. The normalized spacial score (nSPS) is 10.7. The zero-order chi connectivity index (χ0) is 11.7. The molecule has 7 nitrogen and oxygen atoms in total. The van der Waals surface area contributed by atoms with E-state index in [0.717, 1.165) is 6.92 Å².